The van der Waals surface area contributed by atoms with E-state index in [0.29, 0.717) is 0 Å². The first-order valence-electron chi connectivity index (χ1n) is 18.4. The molecule has 9 aromatic rings. The molecule has 0 fully saturated rings. The minimum Gasteiger partial charge on any atom is -0.310 e. The van der Waals surface area contributed by atoms with Crippen LogP contribution in [0.15, 0.2) is 152 Å². The van der Waals surface area contributed by atoms with Crippen LogP contribution in [0.1, 0.15) is 49.9 Å². The van der Waals surface area contributed by atoms with Crippen LogP contribution in [0.3, 0.4) is 0 Å². The number of hydrogen-bond donors (Lipinski definition) is 0. The lowest BCUT2D eigenvalue weighted by molar-refractivity contribution is 0.661. The molecule has 0 aliphatic heterocycles. The summed E-state index contributed by atoms with van der Waals surface area (Å²) >= 11 is 1.90. The first-order valence-corrected chi connectivity index (χ1v) is 19.2. The smallest absolute Gasteiger partial charge is 0.0543 e. The number of thiophene rings is 1. The van der Waals surface area contributed by atoms with Crippen molar-refractivity contribution in [2.45, 2.75) is 38.5 Å². The maximum Gasteiger partial charge on any atom is 0.0543 e. The van der Waals surface area contributed by atoms with Gasteiger partial charge in [0.25, 0.3) is 0 Å². The lowest BCUT2D eigenvalue weighted by Crippen LogP contribution is -2.18. The maximum atomic E-state index is 2.51. The maximum absolute atomic E-state index is 2.51. The van der Waals surface area contributed by atoms with Crippen LogP contribution in [0.2, 0.25) is 0 Å². The van der Waals surface area contributed by atoms with Gasteiger partial charge in [0.1, 0.15) is 0 Å². The minimum atomic E-state index is -0.175. The number of para-hydroxylation sites is 1. The summed E-state index contributed by atoms with van der Waals surface area (Å²) in [5, 5.41) is 7.94. The first kappa shape index (κ1) is 30.0. The second kappa shape index (κ2) is 10.4. The van der Waals surface area contributed by atoms with E-state index in [9.17, 15) is 0 Å². The van der Waals surface area contributed by atoms with E-state index < -0.39 is 0 Å². The second-order valence-electron chi connectivity index (χ2n) is 15.7. The summed E-state index contributed by atoms with van der Waals surface area (Å²) < 4.78 is 2.72. The Labute approximate surface area is 308 Å². The van der Waals surface area contributed by atoms with Gasteiger partial charge in [0.15, 0.2) is 0 Å². The molecule has 2 heteroatoms. The highest BCUT2D eigenvalue weighted by Crippen LogP contribution is 2.57. The van der Waals surface area contributed by atoms with E-state index in [4.69, 9.17) is 0 Å². The van der Waals surface area contributed by atoms with Crippen molar-refractivity contribution < 1.29 is 0 Å². The molecule has 0 bridgehead atoms. The van der Waals surface area contributed by atoms with E-state index in [0.717, 1.165) is 5.69 Å². The molecule has 11 rings (SSSR count). The molecule has 8 aromatic carbocycles. The Morgan fingerprint density at radius 2 is 1.10 bits per heavy atom. The molecule has 0 saturated carbocycles. The van der Waals surface area contributed by atoms with Crippen molar-refractivity contribution in [1.29, 1.82) is 0 Å². The van der Waals surface area contributed by atoms with E-state index in [1.165, 1.54) is 97.6 Å². The van der Waals surface area contributed by atoms with Gasteiger partial charge >= 0.3 is 0 Å². The summed E-state index contributed by atoms with van der Waals surface area (Å²) in [5.41, 5.74) is 14.3. The molecule has 0 unspecified atom stereocenters. The largest absolute Gasteiger partial charge is 0.310 e. The molecule has 1 aromatic heterocycles. The molecule has 1 heterocycles. The van der Waals surface area contributed by atoms with Crippen LogP contribution < -0.4 is 4.90 Å². The molecule has 248 valence electrons. The highest BCUT2D eigenvalue weighted by atomic mass is 32.1. The quantitative estimate of drug-likeness (QED) is 0.179. The third kappa shape index (κ3) is 3.93. The van der Waals surface area contributed by atoms with Crippen molar-refractivity contribution in [3.8, 4) is 22.3 Å². The fourth-order valence-electron chi connectivity index (χ4n) is 9.70. The highest BCUT2D eigenvalue weighted by Gasteiger charge is 2.40. The number of rotatable bonds is 3. The van der Waals surface area contributed by atoms with Crippen molar-refractivity contribution in [3.63, 3.8) is 0 Å². The molecule has 0 N–H and O–H groups in total. The number of fused-ring (bicyclic) bond motifs is 13. The van der Waals surface area contributed by atoms with Crippen molar-refractivity contribution in [1.82, 2.24) is 0 Å². The van der Waals surface area contributed by atoms with Crippen molar-refractivity contribution in [2.75, 3.05) is 4.90 Å². The number of hydrogen-bond acceptors (Lipinski definition) is 2. The van der Waals surface area contributed by atoms with E-state index in [-0.39, 0.29) is 10.8 Å². The minimum absolute atomic E-state index is 0.148. The fourth-order valence-corrected chi connectivity index (χ4v) is 10.8. The Morgan fingerprint density at radius 1 is 0.423 bits per heavy atom. The zero-order chi connectivity index (χ0) is 34.9. The number of anilines is 3. The molecule has 0 atom stereocenters. The summed E-state index contributed by atoms with van der Waals surface area (Å²) in [6.07, 6.45) is 0. The summed E-state index contributed by atoms with van der Waals surface area (Å²) in [4.78, 5) is 2.51. The number of benzene rings is 8. The average Bonchev–Trinajstić information content (AvgIpc) is 3.73. The van der Waals surface area contributed by atoms with Gasteiger partial charge in [-0.3, -0.25) is 0 Å². The van der Waals surface area contributed by atoms with Crippen LogP contribution in [0.4, 0.5) is 17.1 Å². The lowest BCUT2D eigenvalue weighted by Gasteiger charge is -2.31. The van der Waals surface area contributed by atoms with Gasteiger partial charge in [0.2, 0.25) is 0 Å². The van der Waals surface area contributed by atoms with Gasteiger partial charge in [-0.2, -0.15) is 0 Å². The molecular weight excluding hydrogens is 647 g/mol. The molecule has 0 saturated heterocycles. The third-order valence-electron chi connectivity index (χ3n) is 12.2. The van der Waals surface area contributed by atoms with Crippen LogP contribution in [0.5, 0.6) is 0 Å². The molecule has 0 amide bonds. The molecular formula is C50H37NS. The zero-order valence-corrected chi connectivity index (χ0v) is 30.6. The van der Waals surface area contributed by atoms with E-state index >= 15 is 0 Å². The van der Waals surface area contributed by atoms with Crippen LogP contribution >= 0.6 is 11.3 Å². The fraction of sp³-hybridized carbons (Fsp3) is 0.120. The molecule has 0 radical (unpaired) electrons. The predicted octanol–water partition coefficient (Wildman–Crippen LogP) is 14.4. The van der Waals surface area contributed by atoms with Crippen molar-refractivity contribution in [3.05, 3.63) is 174 Å². The average molecular weight is 684 g/mol. The molecule has 2 aliphatic carbocycles. The van der Waals surface area contributed by atoms with Crippen molar-refractivity contribution >= 4 is 70.1 Å². The van der Waals surface area contributed by atoms with Crippen LogP contribution in [0.25, 0.3) is 64.0 Å². The Balaban J connectivity index is 1.15. The molecule has 1 nitrogen and oxygen atoms in total. The SMILES string of the molecule is CC1(C)c2cc(N(c3ccccc3)c3cc4c(c5ccccc35)-c3ccc5ccccc5c3C4(C)C)ccc2-c2cc3sc4ccccc4c3cc21. The standard InChI is InChI=1S/C50H37NS/c1-49(2)41-26-32(23-25-34(41)39-28-46-40(27-42(39)49)36-19-12-13-21-45(36)52-46)51(31-15-6-5-7-16-31)44-29-43-47(37-20-11-10-18-35(37)44)38-24-22-30-14-8-9-17-33(30)48(38)50(43,3)4/h5-29H,1-4H3. The Bertz CT molecular complexity index is 2960. The van der Waals surface area contributed by atoms with E-state index in [2.05, 4.69) is 184 Å². The second-order valence-corrected chi connectivity index (χ2v) is 16.8. The van der Waals surface area contributed by atoms with Gasteiger partial charge < -0.3 is 4.90 Å². The summed E-state index contributed by atoms with van der Waals surface area (Å²) in [7, 11) is 0. The molecule has 2 aliphatic rings. The topological polar surface area (TPSA) is 3.24 Å². The van der Waals surface area contributed by atoms with Gasteiger partial charge in [-0.1, -0.05) is 131 Å². The summed E-state index contributed by atoms with van der Waals surface area (Å²) in [6.45, 7) is 9.64. The zero-order valence-electron chi connectivity index (χ0n) is 29.8. The summed E-state index contributed by atoms with van der Waals surface area (Å²) in [5.74, 6) is 0. The van der Waals surface area contributed by atoms with Crippen LogP contribution in [0, 0.1) is 0 Å². The monoisotopic (exact) mass is 683 g/mol. The predicted molar refractivity (Wildman–Crippen MR) is 224 cm³/mol. The van der Waals surface area contributed by atoms with E-state index in [1.807, 2.05) is 11.3 Å². The van der Waals surface area contributed by atoms with Gasteiger partial charge in [0, 0.05) is 47.8 Å². The normalized spacial score (nSPS) is 14.8. The van der Waals surface area contributed by atoms with Crippen LogP contribution in [-0.4, -0.2) is 0 Å². The Morgan fingerprint density at radius 3 is 1.92 bits per heavy atom. The van der Waals surface area contributed by atoms with Gasteiger partial charge in [0.05, 0.1) is 5.69 Å². The molecule has 52 heavy (non-hydrogen) atoms. The van der Waals surface area contributed by atoms with Gasteiger partial charge in [-0.15, -0.1) is 11.3 Å². The Hall–Kier alpha value is -5.70. The van der Waals surface area contributed by atoms with Crippen molar-refractivity contribution in [2.24, 2.45) is 0 Å². The van der Waals surface area contributed by atoms with Gasteiger partial charge in [-0.25, -0.2) is 0 Å². The lowest BCUT2D eigenvalue weighted by atomic mass is 9.79. The van der Waals surface area contributed by atoms with Gasteiger partial charge in [-0.05, 0) is 109 Å². The third-order valence-corrected chi connectivity index (χ3v) is 13.3. The van der Waals surface area contributed by atoms with E-state index in [1.54, 1.807) is 0 Å². The number of nitrogens with zero attached hydrogens (tertiary/aromatic N) is 1. The summed E-state index contributed by atoms with van der Waals surface area (Å²) in [6, 6.07) is 57.0. The molecule has 0 spiro atoms. The first-order chi connectivity index (χ1) is 25.3. The van der Waals surface area contributed by atoms with Crippen LogP contribution in [-0.2, 0) is 10.8 Å². The highest BCUT2D eigenvalue weighted by molar-refractivity contribution is 7.25. The Kier molecular flexibility index (Phi) is 6.02.